The molecular formula is C29H36IOPSi. The third kappa shape index (κ3) is 6.45. The molecule has 1 nitrogen and oxygen atoms in total. The summed E-state index contributed by atoms with van der Waals surface area (Å²) in [4.78, 5) is 0. The van der Waals surface area contributed by atoms with E-state index < -0.39 is 15.6 Å². The molecule has 0 aliphatic heterocycles. The Morgan fingerprint density at radius 2 is 1.24 bits per heavy atom. The van der Waals surface area contributed by atoms with E-state index in [1.165, 1.54) is 28.8 Å². The molecule has 2 atom stereocenters. The van der Waals surface area contributed by atoms with Gasteiger partial charge in [0.2, 0.25) is 0 Å². The van der Waals surface area contributed by atoms with Gasteiger partial charge in [0.05, 0.1) is 6.16 Å². The lowest BCUT2D eigenvalue weighted by molar-refractivity contribution is -0.00000756. The highest BCUT2D eigenvalue weighted by molar-refractivity contribution is 7.95. The van der Waals surface area contributed by atoms with Crippen molar-refractivity contribution in [1.29, 1.82) is 0 Å². The molecule has 0 unspecified atom stereocenters. The highest BCUT2D eigenvalue weighted by atomic mass is 127. The van der Waals surface area contributed by atoms with Crippen LogP contribution in [0.1, 0.15) is 12.8 Å². The summed E-state index contributed by atoms with van der Waals surface area (Å²) in [6.45, 7) is 7.78. The summed E-state index contributed by atoms with van der Waals surface area (Å²) in [7, 11) is -3.44. The average Bonchev–Trinajstić information content (AvgIpc) is 3.35. The van der Waals surface area contributed by atoms with Gasteiger partial charge in [0.25, 0.3) is 0 Å². The lowest BCUT2D eigenvalue weighted by Gasteiger charge is -2.34. The molecule has 0 saturated carbocycles. The second kappa shape index (κ2) is 11.9. The van der Waals surface area contributed by atoms with Crippen molar-refractivity contribution < 1.29 is 28.4 Å². The number of rotatable bonds is 9. The van der Waals surface area contributed by atoms with Gasteiger partial charge < -0.3 is 28.4 Å². The zero-order valence-electron chi connectivity index (χ0n) is 20.0. The van der Waals surface area contributed by atoms with Crippen molar-refractivity contribution in [3.8, 4) is 0 Å². The van der Waals surface area contributed by atoms with Gasteiger partial charge in [0, 0.05) is 12.5 Å². The fraction of sp³-hybridized carbons (Fsp3) is 0.310. The van der Waals surface area contributed by atoms with E-state index in [1.54, 1.807) is 0 Å². The van der Waals surface area contributed by atoms with Crippen molar-refractivity contribution in [1.82, 2.24) is 0 Å². The van der Waals surface area contributed by atoms with Crippen LogP contribution in [0.15, 0.2) is 103 Å². The highest BCUT2D eigenvalue weighted by Gasteiger charge is 2.48. The molecule has 0 amide bonds. The quantitative estimate of drug-likeness (QED) is 0.162. The predicted molar refractivity (Wildman–Crippen MR) is 145 cm³/mol. The maximum Gasteiger partial charge on any atom is 0.183 e. The Labute approximate surface area is 219 Å². The molecule has 0 fully saturated rings. The lowest BCUT2D eigenvalue weighted by Crippen LogP contribution is -3.00. The van der Waals surface area contributed by atoms with Crippen LogP contribution in [0.4, 0.5) is 0 Å². The molecule has 174 valence electrons. The number of benzene rings is 3. The average molecular weight is 587 g/mol. The van der Waals surface area contributed by atoms with Gasteiger partial charge >= 0.3 is 0 Å². The van der Waals surface area contributed by atoms with Crippen LogP contribution in [0.5, 0.6) is 0 Å². The zero-order valence-corrected chi connectivity index (χ0v) is 24.1. The first-order valence-electron chi connectivity index (χ1n) is 11.8. The van der Waals surface area contributed by atoms with Crippen LogP contribution >= 0.6 is 7.26 Å². The van der Waals surface area contributed by atoms with Crippen LogP contribution in [0.2, 0.25) is 19.6 Å². The molecule has 0 saturated heterocycles. The first-order valence-corrected chi connectivity index (χ1v) is 17.2. The predicted octanol–water partition coefficient (Wildman–Crippen LogP) is 3.42. The highest BCUT2D eigenvalue weighted by Crippen LogP contribution is 2.57. The molecule has 0 heterocycles. The Hall–Kier alpha value is -1.26. The SMILES string of the molecule is C[Si](C)(C)OC[C@H](C[P+](c1ccccc1)(c1ccccc1)c1ccccc1)[C@@H]1C=CCC1.[I-]. The minimum absolute atomic E-state index is 0. The lowest BCUT2D eigenvalue weighted by atomic mass is 9.94. The fourth-order valence-corrected chi connectivity index (χ4v) is 10.2. The van der Waals surface area contributed by atoms with Gasteiger partial charge in [0.15, 0.2) is 8.32 Å². The molecule has 0 bridgehead atoms. The third-order valence-corrected chi connectivity index (χ3v) is 12.1. The molecule has 3 aromatic rings. The summed E-state index contributed by atoms with van der Waals surface area (Å²) >= 11 is 0. The van der Waals surface area contributed by atoms with Gasteiger partial charge in [-0.3, -0.25) is 0 Å². The van der Waals surface area contributed by atoms with Crippen molar-refractivity contribution in [2.75, 3.05) is 12.8 Å². The van der Waals surface area contributed by atoms with Crippen LogP contribution in [0.25, 0.3) is 0 Å². The number of hydrogen-bond donors (Lipinski definition) is 0. The summed E-state index contributed by atoms with van der Waals surface area (Å²) in [6, 6.07) is 33.8. The van der Waals surface area contributed by atoms with Gasteiger partial charge in [-0.05, 0) is 74.8 Å². The summed E-state index contributed by atoms with van der Waals surface area (Å²) < 4.78 is 6.58. The van der Waals surface area contributed by atoms with E-state index in [2.05, 4.69) is 123 Å². The van der Waals surface area contributed by atoms with Crippen molar-refractivity contribution in [2.24, 2.45) is 11.8 Å². The molecule has 0 radical (unpaired) electrons. The van der Waals surface area contributed by atoms with E-state index in [4.69, 9.17) is 4.43 Å². The first kappa shape index (κ1) is 26.3. The summed E-state index contributed by atoms with van der Waals surface area (Å²) in [6.07, 6.45) is 8.43. The van der Waals surface area contributed by atoms with Crippen molar-refractivity contribution in [3.63, 3.8) is 0 Å². The monoisotopic (exact) mass is 586 g/mol. The van der Waals surface area contributed by atoms with Crippen LogP contribution < -0.4 is 39.9 Å². The van der Waals surface area contributed by atoms with E-state index in [1.807, 2.05) is 0 Å². The Balaban J connectivity index is 0.00000306. The zero-order chi connectivity index (χ0) is 22.4. The van der Waals surface area contributed by atoms with Crippen molar-refractivity contribution >= 4 is 31.5 Å². The number of hydrogen-bond acceptors (Lipinski definition) is 1. The van der Waals surface area contributed by atoms with Gasteiger partial charge in [-0.1, -0.05) is 66.7 Å². The van der Waals surface area contributed by atoms with Crippen LogP contribution in [-0.2, 0) is 4.43 Å². The molecule has 4 rings (SSSR count). The van der Waals surface area contributed by atoms with Gasteiger partial charge in [0.1, 0.15) is 23.2 Å². The van der Waals surface area contributed by atoms with E-state index in [-0.39, 0.29) is 24.0 Å². The normalized spacial score (nSPS) is 16.9. The minimum Gasteiger partial charge on any atom is -1.00 e. The first-order chi connectivity index (χ1) is 15.5. The molecule has 0 N–H and O–H groups in total. The fourth-order valence-electron chi connectivity index (χ4n) is 4.88. The Bertz CT molecular complexity index is 905. The smallest absolute Gasteiger partial charge is 0.183 e. The molecule has 4 heteroatoms. The van der Waals surface area contributed by atoms with Gasteiger partial charge in [-0.25, -0.2) is 0 Å². The molecule has 3 aromatic carbocycles. The Kier molecular flexibility index (Phi) is 9.52. The second-order valence-corrected chi connectivity index (χ2v) is 17.9. The second-order valence-electron chi connectivity index (χ2n) is 9.85. The van der Waals surface area contributed by atoms with Crippen molar-refractivity contribution in [2.45, 2.75) is 32.5 Å². The number of halogens is 1. The molecule has 0 spiro atoms. The maximum absolute atomic E-state index is 6.58. The Morgan fingerprint density at radius 1 is 0.788 bits per heavy atom. The van der Waals surface area contributed by atoms with Crippen LogP contribution in [-0.4, -0.2) is 21.1 Å². The molecule has 1 aliphatic rings. The minimum atomic E-state index is -1.84. The van der Waals surface area contributed by atoms with Gasteiger partial charge in [-0.15, -0.1) is 0 Å². The largest absolute Gasteiger partial charge is 1.00 e. The van der Waals surface area contributed by atoms with E-state index in [0.29, 0.717) is 11.8 Å². The maximum atomic E-state index is 6.58. The van der Waals surface area contributed by atoms with Crippen LogP contribution in [0.3, 0.4) is 0 Å². The summed E-state index contributed by atoms with van der Waals surface area (Å²) in [5, 5.41) is 4.41. The van der Waals surface area contributed by atoms with E-state index >= 15 is 0 Å². The molecular weight excluding hydrogens is 550 g/mol. The standard InChI is InChI=1S/C29H36OPSi.HI/c1-32(2,3)30-23-26(25-15-13-14-16-25)24-31(27-17-7-4-8-18-27,28-19-9-5-10-20-28)29-21-11-6-12-22-29;/h4-13,15,17-22,25-26H,14,16,23-24H2,1-3H3;1H/q+1;/p-1/t25-,26-;/m1./s1. The van der Waals surface area contributed by atoms with Gasteiger partial charge in [-0.2, -0.15) is 0 Å². The molecule has 1 aliphatic carbocycles. The topological polar surface area (TPSA) is 9.23 Å². The summed E-state index contributed by atoms with van der Waals surface area (Å²) in [5.74, 6) is 1.11. The Morgan fingerprint density at radius 3 is 1.61 bits per heavy atom. The third-order valence-electron chi connectivity index (χ3n) is 6.49. The molecule has 0 aromatic heterocycles. The summed E-state index contributed by atoms with van der Waals surface area (Å²) in [5.41, 5.74) is 0. The van der Waals surface area contributed by atoms with Crippen LogP contribution in [0, 0.1) is 11.8 Å². The van der Waals surface area contributed by atoms with Crippen molar-refractivity contribution in [3.05, 3.63) is 103 Å². The van der Waals surface area contributed by atoms with E-state index in [0.717, 1.165) is 12.8 Å². The number of allylic oxidation sites excluding steroid dienone is 2. The van der Waals surface area contributed by atoms with E-state index in [9.17, 15) is 0 Å². The molecule has 33 heavy (non-hydrogen) atoms.